The Morgan fingerprint density at radius 2 is 2.24 bits per heavy atom. The number of nitrogens with one attached hydrogen (secondary N) is 1. The van der Waals surface area contributed by atoms with Gasteiger partial charge in [0.1, 0.15) is 6.10 Å². The Balaban J connectivity index is 1.81. The molecule has 5 heteroatoms. The van der Waals surface area contributed by atoms with Crippen molar-refractivity contribution in [2.45, 2.75) is 44.9 Å². The van der Waals surface area contributed by atoms with Crippen LogP contribution in [0.4, 0.5) is 0 Å². The molecule has 3 atom stereocenters. The summed E-state index contributed by atoms with van der Waals surface area (Å²) >= 11 is 3.50. The van der Waals surface area contributed by atoms with Crippen LogP contribution >= 0.6 is 15.9 Å². The van der Waals surface area contributed by atoms with Crippen molar-refractivity contribution in [3.8, 4) is 0 Å². The second-order valence-corrected chi connectivity index (χ2v) is 6.22. The van der Waals surface area contributed by atoms with Crippen LogP contribution in [0.2, 0.25) is 0 Å². The van der Waals surface area contributed by atoms with Crippen LogP contribution in [0.3, 0.4) is 0 Å². The molecule has 1 heterocycles. The number of ether oxygens (including phenoxy) is 2. The molecule has 116 valence electrons. The molecule has 1 fully saturated rings. The van der Waals surface area contributed by atoms with Gasteiger partial charge in [0, 0.05) is 11.1 Å². The molecule has 1 aliphatic rings. The number of hydrogen-bond acceptors (Lipinski definition) is 3. The highest BCUT2D eigenvalue weighted by atomic mass is 79.9. The normalized spacial score (nSPS) is 21.0. The van der Waals surface area contributed by atoms with E-state index < -0.39 is 6.10 Å². The first kappa shape index (κ1) is 16.5. The van der Waals surface area contributed by atoms with Crippen molar-refractivity contribution in [1.82, 2.24) is 5.32 Å². The van der Waals surface area contributed by atoms with Gasteiger partial charge in [0.05, 0.1) is 18.8 Å². The predicted octanol–water partition coefficient (Wildman–Crippen LogP) is 3.21. The van der Waals surface area contributed by atoms with E-state index in [1.165, 1.54) is 0 Å². The fraction of sp³-hybridized carbons (Fsp3) is 0.562. The number of hydrogen-bond donors (Lipinski definition) is 1. The maximum absolute atomic E-state index is 12.2. The topological polar surface area (TPSA) is 47.6 Å². The molecule has 21 heavy (non-hydrogen) atoms. The molecule has 1 amide bonds. The van der Waals surface area contributed by atoms with Crippen molar-refractivity contribution in [2.24, 2.45) is 0 Å². The lowest BCUT2D eigenvalue weighted by Gasteiger charge is -2.20. The van der Waals surface area contributed by atoms with Crippen molar-refractivity contribution < 1.29 is 14.3 Å². The molecule has 0 bridgehead atoms. The second-order valence-electron chi connectivity index (χ2n) is 5.36. The van der Waals surface area contributed by atoms with Crippen LogP contribution in [-0.4, -0.2) is 31.3 Å². The zero-order chi connectivity index (χ0) is 15.2. The third-order valence-corrected chi connectivity index (χ3v) is 4.38. The summed E-state index contributed by atoms with van der Waals surface area (Å²) in [6.45, 7) is 5.02. The van der Waals surface area contributed by atoms with Crippen LogP contribution in [0.5, 0.6) is 0 Å². The van der Waals surface area contributed by atoms with Gasteiger partial charge in [-0.25, -0.2) is 0 Å². The molecule has 1 aliphatic heterocycles. The largest absolute Gasteiger partial charge is 0.376 e. The van der Waals surface area contributed by atoms with E-state index in [0.29, 0.717) is 6.61 Å². The minimum Gasteiger partial charge on any atom is -0.376 e. The zero-order valence-corrected chi connectivity index (χ0v) is 14.1. The summed E-state index contributed by atoms with van der Waals surface area (Å²) in [7, 11) is 0. The highest BCUT2D eigenvalue weighted by Crippen LogP contribution is 2.22. The van der Waals surface area contributed by atoms with E-state index >= 15 is 0 Å². The first-order valence-electron chi connectivity index (χ1n) is 7.36. The summed E-state index contributed by atoms with van der Waals surface area (Å²) in [4.78, 5) is 12.2. The van der Waals surface area contributed by atoms with Crippen molar-refractivity contribution in [3.05, 3.63) is 34.3 Å². The number of carbonyl (C=O) groups excluding carboxylic acids is 1. The minimum absolute atomic E-state index is 0.0677. The molecule has 3 unspecified atom stereocenters. The van der Waals surface area contributed by atoms with Gasteiger partial charge in [-0.3, -0.25) is 4.79 Å². The van der Waals surface area contributed by atoms with Crippen molar-refractivity contribution in [1.29, 1.82) is 0 Å². The van der Waals surface area contributed by atoms with Crippen LogP contribution in [0.25, 0.3) is 0 Å². The maximum atomic E-state index is 12.2. The molecule has 0 aliphatic carbocycles. The Hall–Kier alpha value is -0.910. The average molecular weight is 356 g/mol. The lowest BCUT2D eigenvalue weighted by atomic mass is 10.1. The molecule has 0 spiro atoms. The Morgan fingerprint density at radius 1 is 1.48 bits per heavy atom. The van der Waals surface area contributed by atoms with Crippen LogP contribution < -0.4 is 5.32 Å². The van der Waals surface area contributed by atoms with Crippen LogP contribution in [0.1, 0.15) is 38.3 Å². The third kappa shape index (κ3) is 4.80. The van der Waals surface area contributed by atoms with E-state index in [9.17, 15) is 4.79 Å². The van der Waals surface area contributed by atoms with Gasteiger partial charge >= 0.3 is 0 Å². The monoisotopic (exact) mass is 355 g/mol. The van der Waals surface area contributed by atoms with E-state index in [1.807, 2.05) is 31.2 Å². The number of carbonyl (C=O) groups is 1. The molecule has 2 rings (SSSR count). The molecule has 0 saturated carbocycles. The molecule has 1 saturated heterocycles. The van der Waals surface area contributed by atoms with Crippen molar-refractivity contribution in [2.75, 3.05) is 13.2 Å². The lowest BCUT2D eigenvalue weighted by molar-refractivity contribution is -0.134. The molecule has 1 aromatic rings. The van der Waals surface area contributed by atoms with E-state index in [-0.39, 0.29) is 18.1 Å². The smallest absolute Gasteiger partial charge is 0.249 e. The summed E-state index contributed by atoms with van der Waals surface area (Å²) < 4.78 is 12.1. The predicted molar refractivity (Wildman–Crippen MR) is 85.1 cm³/mol. The van der Waals surface area contributed by atoms with Gasteiger partial charge in [0.15, 0.2) is 0 Å². The number of halogens is 1. The van der Waals surface area contributed by atoms with E-state index in [4.69, 9.17) is 9.47 Å². The van der Waals surface area contributed by atoms with Crippen molar-refractivity contribution in [3.63, 3.8) is 0 Å². The highest BCUT2D eigenvalue weighted by molar-refractivity contribution is 9.10. The number of benzene rings is 1. The quantitative estimate of drug-likeness (QED) is 0.852. The molecule has 0 aromatic heterocycles. The summed E-state index contributed by atoms with van der Waals surface area (Å²) in [5.41, 5.74) is 1.05. The first-order chi connectivity index (χ1) is 10.1. The van der Waals surface area contributed by atoms with Crippen LogP contribution in [-0.2, 0) is 14.3 Å². The van der Waals surface area contributed by atoms with E-state index in [1.54, 1.807) is 6.92 Å². The fourth-order valence-corrected chi connectivity index (χ4v) is 2.97. The Morgan fingerprint density at radius 3 is 2.90 bits per heavy atom. The summed E-state index contributed by atoms with van der Waals surface area (Å²) in [6.07, 6.45) is 1.76. The molecule has 1 aromatic carbocycles. The zero-order valence-electron chi connectivity index (χ0n) is 12.5. The standard InChI is InChI=1S/C16H22BrNO3/c1-11(14-7-3-4-8-15(14)17)18-16(19)12(2)21-10-13-6-5-9-20-13/h3-4,7-8,11-13H,5-6,9-10H2,1-2H3,(H,18,19). The fourth-order valence-electron chi connectivity index (χ4n) is 2.34. The second kappa shape index (κ2) is 7.92. The van der Waals surface area contributed by atoms with E-state index in [2.05, 4.69) is 21.2 Å². The van der Waals surface area contributed by atoms with Gasteiger partial charge in [-0.2, -0.15) is 0 Å². The summed E-state index contributed by atoms with van der Waals surface area (Å²) in [6, 6.07) is 7.81. The van der Waals surface area contributed by atoms with Gasteiger partial charge in [0.25, 0.3) is 0 Å². The number of rotatable bonds is 6. The Labute approximate surface area is 134 Å². The maximum Gasteiger partial charge on any atom is 0.249 e. The molecule has 4 nitrogen and oxygen atoms in total. The lowest BCUT2D eigenvalue weighted by Crippen LogP contribution is -2.37. The summed E-state index contributed by atoms with van der Waals surface area (Å²) in [5, 5.41) is 2.98. The molecule has 1 N–H and O–H groups in total. The van der Waals surface area contributed by atoms with Gasteiger partial charge in [-0.05, 0) is 38.3 Å². The molecular weight excluding hydrogens is 334 g/mol. The van der Waals surface area contributed by atoms with Gasteiger partial charge in [0.2, 0.25) is 5.91 Å². The van der Waals surface area contributed by atoms with Crippen molar-refractivity contribution >= 4 is 21.8 Å². The Kier molecular flexibility index (Phi) is 6.21. The SMILES string of the molecule is CC(OCC1CCCO1)C(=O)NC(C)c1ccccc1Br. The van der Waals surface area contributed by atoms with Crippen LogP contribution in [0, 0.1) is 0 Å². The molecular formula is C16H22BrNO3. The van der Waals surface area contributed by atoms with Gasteiger partial charge in [-0.1, -0.05) is 34.1 Å². The third-order valence-electron chi connectivity index (χ3n) is 3.66. The molecule has 0 radical (unpaired) electrons. The first-order valence-corrected chi connectivity index (χ1v) is 8.15. The van der Waals surface area contributed by atoms with E-state index in [0.717, 1.165) is 29.5 Å². The van der Waals surface area contributed by atoms with Gasteiger partial charge in [-0.15, -0.1) is 0 Å². The van der Waals surface area contributed by atoms with Gasteiger partial charge < -0.3 is 14.8 Å². The Bertz CT molecular complexity index is 474. The van der Waals surface area contributed by atoms with Crippen LogP contribution in [0.15, 0.2) is 28.7 Å². The minimum atomic E-state index is -0.473. The number of amides is 1. The summed E-state index contributed by atoms with van der Waals surface area (Å²) in [5.74, 6) is -0.101. The average Bonchev–Trinajstić information content (AvgIpc) is 2.98. The highest BCUT2D eigenvalue weighted by Gasteiger charge is 2.21.